The minimum Gasteiger partial charge on any atom is -0.496 e. The van der Waals surface area contributed by atoms with Crippen molar-refractivity contribution in [1.82, 2.24) is 5.32 Å². The summed E-state index contributed by atoms with van der Waals surface area (Å²) in [6, 6.07) is 3.31. The van der Waals surface area contributed by atoms with Gasteiger partial charge in [-0.05, 0) is 12.1 Å². The maximum absolute atomic E-state index is 12.4. The highest BCUT2D eigenvalue weighted by Crippen LogP contribution is 2.26. The smallest absolute Gasteiger partial charge is 0.328 e. The van der Waals surface area contributed by atoms with Crippen molar-refractivity contribution in [1.29, 1.82) is 0 Å². The Morgan fingerprint density at radius 3 is 2.74 bits per heavy atom. The highest BCUT2D eigenvalue weighted by molar-refractivity contribution is 6.31. The summed E-state index contributed by atoms with van der Waals surface area (Å²) < 4.78 is 17.4. The van der Waals surface area contributed by atoms with E-state index in [-0.39, 0.29) is 6.42 Å². The first kappa shape index (κ1) is 15.2. The molecule has 7 heteroatoms. The Labute approximate surface area is 114 Å². The van der Waals surface area contributed by atoms with E-state index in [1.165, 1.54) is 7.11 Å². The van der Waals surface area contributed by atoms with Gasteiger partial charge in [0.1, 0.15) is 12.4 Å². The zero-order valence-corrected chi connectivity index (χ0v) is 10.9. The van der Waals surface area contributed by atoms with Gasteiger partial charge in [0.2, 0.25) is 5.91 Å². The van der Waals surface area contributed by atoms with E-state index in [1.54, 1.807) is 18.2 Å². The second kappa shape index (κ2) is 6.94. The Morgan fingerprint density at radius 2 is 2.21 bits per heavy atom. The number of hydrogen-bond donors (Lipinski definition) is 2. The van der Waals surface area contributed by atoms with Gasteiger partial charge in [-0.3, -0.25) is 4.79 Å². The molecule has 0 fully saturated rings. The number of ether oxygens (including phenoxy) is 1. The van der Waals surface area contributed by atoms with E-state index in [9.17, 15) is 14.0 Å². The molecule has 104 valence electrons. The second-order valence-corrected chi connectivity index (χ2v) is 4.12. The first-order valence-electron chi connectivity index (χ1n) is 5.39. The molecule has 1 aromatic rings. The third-order valence-electron chi connectivity index (χ3n) is 2.42. The number of rotatable bonds is 6. The van der Waals surface area contributed by atoms with Gasteiger partial charge >= 0.3 is 5.97 Å². The van der Waals surface area contributed by atoms with Gasteiger partial charge < -0.3 is 15.2 Å². The lowest BCUT2D eigenvalue weighted by Gasteiger charge is -2.13. The Balaban J connectivity index is 2.80. The number of amides is 1. The lowest BCUT2D eigenvalue weighted by atomic mass is 10.1. The molecular formula is C12H13ClFNO4. The monoisotopic (exact) mass is 289 g/mol. The largest absolute Gasteiger partial charge is 0.496 e. The summed E-state index contributed by atoms with van der Waals surface area (Å²) in [5, 5.41) is 11.0. The van der Waals surface area contributed by atoms with Gasteiger partial charge in [-0.1, -0.05) is 17.7 Å². The number of benzene rings is 1. The normalized spacial score (nSPS) is 11.7. The van der Waals surface area contributed by atoms with Crippen LogP contribution >= 0.6 is 11.6 Å². The number of carboxylic acids is 1. The van der Waals surface area contributed by atoms with E-state index < -0.39 is 24.6 Å². The fourth-order valence-corrected chi connectivity index (χ4v) is 1.71. The number of hydrogen-bond acceptors (Lipinski definition) is 3. The van der Waals surface area contributed by atoms with Gasteiger partial charge in [0.15, 0.2) is 6.04 Å². The molecule has 0 saturated heterocycles. The third kappa shape index (κ3) is 4.10. The highest BCUT2D eigenvalue weighted by Gasteiger charge is 2.21. The number of nitrogens with one attached hydrogen (secondary N) is 1. The SMILES string of the molecule is COc1cccc(Cl)c1CC(=O)NC(CF)C(=O)O. The van der Waals surface area contributed by atoms with Crippen LogP contribution in [0, 0.1) is 0 Å². The van der Waals surface area contributed by atoms with Crippen LogP contribution in [0.15, 0.2) is 18.2 Å². The number of carbonyl (C=O) groups is 2. The van der Waals surface area contributed by atoms with Crippen molar-refractivity contribution in [2.24, 2.45) is 0 Å². The molecule has 0 bridgehead atoms. The molecule has 19 heavy (non-hydrogen) atoms. The zero-order valence-electron chi connectivity index (χ0n) is 10.2. The molecule has 1 amide bonds. The molecule has 0 radical (unpaired) electrons. The molecule has 0 aromatic heterocycles. The molecule has 0 heterocycles. The van der Waals surface area contributed by atoms with Gasteiger partial charge in [-0.15, -0.1) is 0 Å². The number of alkyl halides is 1. The summed E-state index contributed by atoms with van der Waals surface area (Å²) in [5.74, 6) is -1.66. The van der Waals surface area contributed by atoms with Crippen LogP contribution in [0.2, 0.25) is 5.02 Å². The molecule has 1 aromatic carbocycles. The first-order chi connectivity index (χ1) is 8.99. The van der Waals surface area contributed by atoms with Crippen LogP contribution < -0.4 is 10.1 Å². The zero-order chi connectivity index (χ0) is 14.4. The van der Waals surface area contributed by atoms with E-state index in [1.807, 2.05) is 0 Å². The van der Waals surface area contributed by atoms with Crippen LogP contribution in [0.3, 0.4) is 0 Å². The number of carbonyl (C=O) groups excluding carboxylic acids is 1. The molecule has 2 N–H and O–H groups in total. The molecule has 0 aliphatic rings. The lowest BCUT2D eigenvalue weighted by molar-refractivity contribution is -0.142. The van der Waals surface area contributed by atoms with E-state index in [0.29, 0.717) is 16.3 Å². The first-order valence-corrected chi connectivity index (χ1v) is 5.77. The molecular weight excluding hydrogens is 277 g/mol. The van der Waals surface area contributed by atoms with Gasteiger partial charge in [-0.25, -0.2) is 9.18 Å². The predicted octanol–water partition coefficient (Wildman–Crippen LogP) is 1.43. The summed E-state index contributed by atoms with van der Waals surface area (Å²) in [7, 11) is 1.43. The van der Waals surface area contributed by atoms with Crippen LogP contribution in [-0.4, -0.2) is 36.8 Å². The van der Waals surface area contributed by atoms with Crippen LogP contribution in [0.25, 0.3) is 0 Å². The Bertz CT molecular complexity index is 481. The van der Waals surface area contributed by atoms with E-state index >= 15 is 0 Å². The van der Waals surface area contributed by atoms with E-state index in [0.717, 1.165) is 0 Å². The minimum atomic E-state index is -1.55. The van der Waals surface area contributed by atoms with Gasteiger partial charge in [0, 0.05) is 10.6 Å². The maximum Gasteiger partial charge on any atom is 0.328 e. The number of aliphatic carboxylic acids is 1. The summed E-state index contributed by atoms with van der Waals surface area (Å²) in [6.45, 7) is -1.18. The van der Waals surface area contributed by atoms with Crippen LogP contribution in [0.5, 0.6) is 5.75 Å². The Kier molecular flexibility index (Phi) is 5.57. The number of halogens is 2. The standard InChI is InChI=1S/C12H13ClFNO4/c1-19-10-4-2-3-8(13)7(10)5-11(16)15-9(6-14)12(17)18/h2-4,9H,5-6H2,1H3,(H,15,16)(H,17,18). The van der Waals surface area contributed by atoms with Crippen molar-refractivity contribution in [3.63, 3.8) is 0 Å². The predicted molar refractivity (Wildman–Crippen MR) is 67.2 cm³/mol. The lowest BCUT2D eigenvalue weighted by Crippen LogP contribution is -2.43. The maximum atomic E-state index is 12.4. The van der Waals surface area contributed by atoms with Crippen molar-refractivity contribution in [2.75, 3.05) is 13.8 Å². The van der Waals surface area contributed by atoms with E-state index in [2.05, 4.69) is 5.32 Å². The molecule has 1 unspecified atom stereocenters. The fourth-order valence-electron chi connectivity index (χ4n) is 1.47. The van der Waals surface area contributed by atoms with Gasteiger partial charge in [0.25, 0.3) is 0 Å². The summed E-state index contributed by atoms with van der Waals surface area (Å²) >= 11 is 5.93. The quantitative estimate of drug-likeness (QED) is 0.831. The minimum absolute atomic E-state index is 0.188. The van der Waals surface area contributed by atoms with Gasteiger partial charge in [0.05, 0.1) is 13.5 Å². The van der Waals surface area contributed by atoms with E-state index in [4.69, 9.17) is 21.4 Å². The summed E-state index contributed by atoms with van der Waals surface area (Å²) in [5.41, 5.74) is 0.423. The molecule has 1 rings (SSSR count). The number of carboxylic acid groups (broad SMARTS) is 1. The Morgan fingerprint density at radius 1 is 1.53 bits per heavy atom. The average Bonchev–Trinajstić information content (AvgIpc) is 2.38. The fraction of sp³-hybridized carbons (Fsp3) is 0.333. The molecule has 0 spiro atoms. The third-order valence-corrected chi connectivity index (χ3v) is 2.77. The van der Waals surface area contributed by atoms with Crippen LogP contribution in [0.4, 0.5) is 4.39 Å². The molecule has 0 aliphatic heterocycles. The van der Waals surface area contributed by atoms with Crippen LogP contribution in [-0.2, 0) is 16.0 Å². The second-order valence-electron chi connectivity index (χ2n) is 3.71. The van der Waals surface area contributed by atoms with Crippen molar-refractivity contribution in [3.8, 4) is 5.75 Å². The van der Waals surface area contributed by atoms with Crippen molar-refractivity contribution >= 4 is 23.5 Å². The molecule has 0 saturated carbocycles. The van der Waals surface area contributed by atoms with Crippen molar-refractivity contribution in [2.45, 2.75) is 12.5 Å². The topological polar surface area (TPSA) is 75.6 Å². The summed E-state index contributed by atoms with van der Waals surface area (Å²) in [4.78, 5) is 22.3. The van der Waals surface area contributed by atoms with Crippen molar-refractivity contribution in [3.05, 3.63) is 28.8 Å². The molecule has 5 nitrogen and oxygen atoms in total. The highest BCUT2D eigenvalue weighted by atomic mass is 35.5. The average molecular weight is 290 g/mol. The molecule has 1 atom stereocenters. The summed E-state index contributed by atoms with van der Waals surface area (Å²) in [6.07, 6.45) is -0.188. The van der Waals surface area contributed by atoms with Crippen LogP contribution in [0.1, 0.15) is 5.56 Å². The van der Waals surface area contributed by atoms with Gasteiger partial charge in [-0.2, -0.15) is 0 Å². The number of methoxy groups -OCH3 is 1. The molecule has 0 aliphatic carbocycles. The van der Waals surface area contributed by atoms with Crippen molar-refractivity contribution < 1.29 is 23.8 Å². The Hall–Kier alpha value is -1.82.